The van der Waals surface area contributed by atoms with Crippen molar-refractivity contribution < 1.29 is 4.79 Å². The molecule has 0 saturated heterocycles. The number of hydrogen-bond acceptors (Lipinski definition) is 5. The van der Waals surface area contributed by atoms with Crippen LogP contribution in [0.3, 0.4) is 0 Å². The van der Waals surface area contributed by atoms with Crippen LogP contribution < -0.4 is 10.6 Å². The maximum Gasteiger partial charge on any atom is 0.321 e. The minimum absolute atomic E-state index is 0.266. The van der Waals surface area contributed by atoms with Gasteiger partial charge in [-0.25, -0.2) is 9.78 Å². The Morgan fingerprint density at radius 3 is 2.84 bits per heavy atom. The van der Waals surface area contributed by atoms with Gasteiger partial charge in [0, 0.05) is 25.1 Å². The van der Waals surface area contributed by atoms with Gasteiger partial charge >= 0.3 is 6.03 Å². The van der Waals surface area contributed by atoms with Gasteiger partial charge in [0.1, 0.15) is 0 Å². The van der Waals surface area contributed by atoms with E-state index in [1.54, 1.807) is 12.4 Å². The van der Waals surface area contributed by atoms with E-state index in [2.05, 4.69) is 32.6 Å². The molecule has 130 valence electrons. The van der Waals surface area contributed by atoms with E-state index in [0.717, 1.165) is 22.6 Å². The second-order valence-electron chi connectivity index (χ2n) is 5.52. The van der Waals surface area contributed by atoms with Crippen LogP contribution in [0.25, 0.3) is 10.4 Å². The first kappa shape index (κ1) is 17.1. The van der Waals surface area contributed by atoms with Crippen molar-refractivity contribution in [2.45, 2.75) is 26.8 Å². The molecule has 3 aromatic rings. The highest BCUT2D eigenvalue weighted by molar-refractivity contribution is 7.19. The third-order valence-corrected chi connectivity index (χ3v) is 4.80. The van der Waals surface area contributed by atoms with Crippen LogP contribution in [0.5, 0.6) is 0 Å². The Hall–Kier alpha value is -2.74. The molecule has 2 amide bonds. The number of nitrogens with one attached hydrogen (secondary N) is 2. The first-order valence-electron chi connectivity index (χ1n) is 8.09. The van der Waals surface area contributed by atoms with E-state index in [4.69, 9.17) is 0 Å². The number of aryl methyl sites for hydroxylation is 2. The lowest BCUT2D eigenvalue weighted by Crippen LogP contribution is -2.31. The molecule has 0 aliphatic heterocycles. The number of pyridine rings is 1. The predicted molar refractivity (Wildman–Crippen MR) is 98.7 cm³/mol. The summed E-state index contributed by atoms with van der Waals surface area (Å²) in [5, 5.41) is 10.4. The highest BCUT2D eigenvalue weighted by Crippen LogP contribution is 2.32. The zero-order chi connectivity index (χ0) is 17.6. The van der Waals surface area contributed by atoms with Crippen LogP contribution in [0.2, 0.25) is 0 Å². The summed E-state index contributed by atoms with van der Waals surface area (Å²) in [5.74, 6) is 0. The molecule has 2 N–H and O–H groups in total. The summed E-state index contributed by atoms with van der Waals surface area (Å²) in [4.78, 5) is 21.5. The maximum absolute atomic E-state index is 12.0. The van der Waals surface area contributed by atoms with Crippen molar-refractivity contribution in [1.82, 2.24) is 25.1 Å². The van der Waals surface area contributed by atoms with E-state index in [1.165, 1.54) is 16.9 Å². The van der Waals surface area contributed by atoms with Crippen LogP contribution in [-0.4, -0.2) is 32.3 Å². The Morgan fingerprint density at radius 2 is 2.12 bits per heavy atom. The minimum Gasteiger partial charge on any atom is -0.336 e. The van der Waals surface area contributed by atoms with Crippen molar-refractivity contribution in [2.75, 3.05) is 11.9 Å². The summed E-state index contributed by atoms with van der Waals surface area (Å²) >= 11 is 1.45. The van der Waals surface area contributed by atoms with Crippen LogP contribution in [0, 0.1) is 6.92 Å². The summed E-state index contributed by atoms with van der Waals surface area (Å²) in [6.07, 6.45) is 8.28. The Kier molecular flexibility index (Phi) is 5.39. The van der Waals surface area contributed by atoms with E-state index < -0.39 is 0 Å². The summed E-state index contributed by atoms with van der Waals surface area (Å²) < 4.78 is 1.83. The smallest absolute Gasteiger partial charge is 0.321 e. The molecule has 3 aromatic heterocycles. The molecule has 3 heterocycles. The molecule has 8 heteroatoms. The molecule has 25 heavy (non-hydrogen) atoms. The lowest BCUT2D eigenvalue weighted by atomic mass is 10.2. The number of rotatable bonds is 6. The van der Waals surface area contributed by atoms with Crippen LogP contribution in [-0.2, 0) is 13.0 Å². The number of hydrogen-bond donors (Lipinski definition) is 2. The van der Waals surface area contributed by atoms with Crippen LogP contribution in [0.1, 0.15) is 18.2 Å². The molecule has 0 aliphatic rings. The fourth-order valence-electron chi connectivity index (χ4n) is 2.36. The van der Waals surface area contributed by atoms with E-state index in [-0.39, 0.29) is 6.03 Å². The normalized spacial score (nSPS) is 10.6. The van der Waals surface area contributed by atoms with Gasteiger partial charge in [0.25, 0.3) is 0 Å². The number of amides is 2. The lowest BCUT2D eigenvalue weighted by molar-refractivity contribution is 0.251. The van der Waals surface area contributed by atoms with Gasteiger partial charge in [0.05, 0.1) is 23.3 Å². The second kappa shape index (κ2) is 7.89. The molecular formula is C17H20N6OS. The van der Waals surface area contributed by atoms with Crippen molar-refractivity contribution >= 4 is 22.5 Å². The molecule has 0 saturated carbocycles. The number of carbonyl (C=O) groups excluding carboxylic acids is 1. The van der Waals surface area contributed by atoms with Gasteiger partial charge in [-0.05, 0) is 36.6 Å². The maximum atomic E-state index is 12.0. The van der Waals surface area contributed by atoms with Crippen molar-refractivity contribution in [3.05, 3.63) is 48.2 Å². The number of anilines is 1. The topological polar surface area (TPSA) is 84.7 Å². The van der Waals surface area contributed by atoms with Gasteiger partial charge in [0.2, 0.25) is 0 Å². The minimum atomic E-state index is -0.266. The largest absolute Gasteiger partial charge is 0.336 e. The Labute approximate surface area is 150 Å². The summed E-state index contributed by atoms with van der Waals surface area (Å²) in [7, 11) is 0. The van der Waals surface area contributed by atoms with Crippen molar-refractivity contribution in [1.29, 1.82) is 0 Å². The van der Waals surface area contributed by atoms with Gasteiger partial charge in [-0.3, -0.25) is 15.0 Å². The van der Waals surface area contributed by atoms with Crippen molar-refractivity contribution in [3.63, 3.8) is 0 Å². The molecule has 0 bridgehead atoms. The number of urea groups is 1. The number of aromatic nitrogens is 4. The van der Waals surface area contributed by atoms with E-state index in [9.17, 15) is 4.79 Å². The van der Waals surface area contributed by atoms with E-state index in [1.807, 2.05) is 36.1 Å². The van der Waals surface area contributed by atoms with Crippen molar-refractivity contribution in [2.24, 2.45) is 0 Å². The molecule has 7 nitrogen and oxygen atoms in total. The average Bonchev–Trinajstić information content (AvgIpc) is 3.22. The number of thiazole rings is 1. The molecule has 0 unspecified atom stereocenters. The second-order valence-corrected chi connectivity index (χ2v) is 6.51. The van der Waals surface area contributed by atoms with Gasteiger partial charge in [0.15, 0.2) is 5.13 Å². The molecule has 0 aromatic carbocycles. The lowest BCUT2D eigenvalue weighted by Gasteiger charge is -2.05. The van der Waals surface area contributed by atoms with E-state index in [0.29, 0.717) is 18.2 Å². The fourth-order valence-corrected chi connectivity index (χ4v) is 3.32. The quantitative estimate of drug-likeness (QED) is 0.711. The van der Waals surface area contributed by atoms with Gasteiger partial charge in [-0.1, -0.05) is 18.3 Å². The standard InChI is InChI=1S/C17H20N6OS/c1-3-13-10-20-23(11-13)9-8-19-16(24)22-17-21-12(2)15(25-17)14-4-6-18-7-5-14/h4-7,10-11H,3,8-9H2,1-2H3,(H2,19,21,22,24). The van der Waals surface area contributed by atoms with Gasteiger partial charge in [-0.15, -0.1) is 0 Å². The molecule has 0 spiro atoms. The fraction of sp³-hybridized carbons (Fsp3) is 0.294. The summed E-state index contributed by atoms with van der Waals surface area (Å²) in [6, 6.07) is 3.59. The first-order valence-corrected chi connectivity index (χ1v) is 8.91. The zero-order valence-corrected chi connectivity index (χ0v) is 15.0. The first-order chi connectivity index (χ1) is 12.2. The highest BCUT2D eigenvalue weighted by Gasteiger charge is 2.11. The Bertz CT molecular complexity index is 842. The Balaban J connectivity index is 1.53. The SMILES string of the molecule is CCc1cnn(CCNC(=O)Nc2nc(C)c(-c3ccncc3)s2)c1. The van der Waals surface area contributed by atoms with E-state index >= 15 is 0 Å². The molecule has 0 aliphatic carbocycles. The summed E-state index contributed by atoms with van der Waals surface area (Å²) in [5.41, 5.74) is 3.12. The Morgan fingerprint density at radius 1 is 1.32 bits per heavy atom. The average molecular weight is 356 g/mol. The molecule has 3 rings (SSSR count). The third kappa shape index (κ3) is 4.42. The zero-order valence-electron chi connectivity index (χ0n) is 14.2. The van der Waals surface area contributed by atoms with Gasteiger partial charge < -0.3 is 5.32 Å². The molecule has 0 fully saturated rings. The van der Waals surface area contributed by atoms with Crippen LogP contribution >= 0.6 is 11.3 Å². The van der Waals surface area contributed by atoms with Gasteiger partial charge in [-0.2, -0.15) is 5.10 Å². The highest BCUT2D eigenvalue weighted by atomic mass is 32.1. The number of carbonyl (C=O) groups is 1. The monoisotopic (exact) mass is 356 g/mol. The van der Waals surface area contributed by atoms with Crippen LogP contribution in [0.4, 0.5) is 9.93 Å². The van der Waals surface area contributed by atoms with Crippen molar-refractivity contribution in [3.8, 4) is 10.4 Å². The number of nitrogens with zero attached hydrogens (tertiary/aromatic N) is 4. The molecular weight excluding hydrogens is 336 g/mol. The molecule has 0 atom stereocenters. The predicted octanol–water partition coefficient (Wildman–Crippen LogP) is 3.09. The summed E-state index contributed by atoms with van der Waals surface area (Å²) in [6.45, 7) is 5.15. The molecule has 0 radical (unpaired) electrons. The van der Waals surface area contributed by atoms with Crippen LogP contribution in [0.15, 0.2) is 36.9 Å². The third-order valence-electron chi connectivity index (χ3n) is 3.68.